The molecule has 2 aromatic carbocycles. The van der Waals surface area contributed by atoms with Crippen molar-refractivity contribution in [1.29, 1.82) is 0 Å². The molecule has 8 heteroatoms. The maximum atomic E-state index is 13.1. The van der Waals surface area contributed by atoms with Gasteiger partial charge in [0.25, 0.3) is 5.91 Å². The van der Waals surface area contributed by atoms with Crippen LogP contribution in [0.25, 0.3) is 0 Å². The number of halogens is 2. The largest absolute Gasteiger partial charge is 0.332 e. The van der Waals surface area contributed by atoms with Gasteiger partial charge in [-0.3, -0.25) is 9.59 Å². The van der Waals surface area contributed by atoms with E-state index in [0.29, 0.717) is 28.0 Å². The summed E-state index contributed by atoms with van der Waals surface area (Å²) in [6, 6.07) is 11.8. The zero-order chi connectivity index (χ0) is 21.1. The van der Waals surface area contributed by atoms with Gasteiger partial charge >= 0.3 is 6.03 Å². The van der Waals surface area contributed by atoms with Gasteiger partial charge in [-0.2, -0.15) is 0 Å². The fraction of sp³-hybridized carbons (Fsp3) is 0.286. The molecule has 0 aromatic heterocycles. The van der Waals surface area contributed by atoms with E-state index in [0.717, 1.165) is 4.90 Å². The number of nitrogens with one attached hydrogen (secondary N) is 1. The number of hydrogen-bond donors (Lipinski definition) is 1. The normalized spacial score (nSPS) is 16.7. The molecule has 1 aliphatic rings. The van der Waals surface area contributed by atoms with E-state index in [9.17, 15) is 14.4 Å². The monoisotopic (exact) mass is 433 g/mol. The Kier molecular flexibility index (Phi) is 6.45. The van der Waals surface area contributed by atoms with Crippen molar-refractivity contribution in [2.75, 3.05) is 16.8 Å². The van der Waals surface area contributed by atoms with Crippen molar-refractivity contribution in [3.63, 3.8) is 0 Å². The molecule has 152 valence electrons. The van der Waals surface area contributed by atoms with Gasteiger partial charge in [-0.15, -0.1) is 0 Å². The molecule has 1 saturated heterocycles. The third kappa shape index (κ3) is 4.89. The molecule has 3 rings (SSSR count). The predicted molar refractivity (Wildman–Crippen MR) is 114 cm³/mol. The van der Waals surface area contributed by atoms with Gasteiger partial charge in [0.15, 0.2) is 0 Å². The number of imide groups is 1. The van der Waals surface area contributed by atoms with Crippen LogP contribution in [0.2, 0.25) is 10.0 Å². The minimum atomic E-state index is -0.868. The topological polar surface area (TPSA) is 69.7 Å². The second-order valence-electron chi connectivity index (χ2n) is 7.25. The quantitative estimate of drug-likeness (QED) is 0.663. The van der Waals surface area contributed by atoms with Gasteiger partial charge in [0, 0.05) is 22.3 Å². The number of carbonyl (C=O) groups is 3. The smallest absolute Gasteiger partial charge is 0.326 e. The number of anilines is 2. The molecule has 0 saturated carbocycles. The lowest BCUT2D eigenvalue weighted by Gasteiger charge is -2.23. The zero-order valence-electron chi connectivity index (χ0n) is 16.1. The third-order valence-corrected chi connectivity index (χ3v) is 4.98. The average Bonchev–Trinajstić information content (AvgIpc) is 2.88. The van der Waals surface area contributed by atoms with Gasteiger partial charge in [0.2, 0.25) is 5.91 Å². The molecule has 29 heavy (non-hydrogen) atoms. The van der Waals surface area contributed by atoms with Crippen LogP contribution in [0.4, 0.5) is 16.2 Å². The highest BCUT2D eigenvalue weighted by molar-refractivity contribution is 6.31. The van der Waals surface area contributed by atoms with Gasteiger partial charge in [0.1, 0.15) is 6.04 Å². The Morgan fingerprint density at radius 3 is 2.10 bits per heavy atom. The molecule has 1 fully saturated rings. The van der Waals surface area contributed by atoms with Crippen LogP contribution in [-0.2, 0) is 9.59 Å². The molecule has 1 aliphatic heterocycles. The van der Waals surface area contributed by atoms with Crippen LogP contribution in [0.5, 0.6) is 0 Å². The molecule has 1 unspecified atom stereocenters. The summed E-state index contributed by atoms with van der Waals surface area (Å²) in [5.41, 5.74) is 1.000. The maximum absolute atomic E-state index is 13.1. The Labute approximate surface area is 179 Å². The maximum Gasteiger partial charge on any atom is 0.332 e. The molecule has 1 N–H and O–H groups in total. The van der Waals surface area contributed by atoms with Crippen molar-refractivity contribution in [1.82, 2.24) is 4.90 Å². The molecule has 4 amide bonds. The minimum Gasteiger partial charge on any atom is -0.326 e. The summed E-state index contributed by atoms with van der Waals surface area (Å²) in [5.74, 6) is -0.645. The van der Waals surface area contributed by atoms with E-state index in [1.165, 1.54) is 4.90 Å². The van der Waals surface area contributed by atoms with Crippen molar-refractivity contribution in [2.45, 2.75) is 26.3 Å². The second kappa shape index (κ2) is 8.84. The summed E-state index contributed by atoms with van der Waals surface area (Å²) in [4.78, 5) is 41.2. The van der Waals surface area contributed by atoms with Crippen LogP contribution >= 0.6 is 23.2 Å². The van der Waals surface area contributed by atoms with Gasteiger partial charge in [-0.05, 0) is 54.4 Å². The van der Waals surface area contributed by atoms with Crippen LogP contribution < -0.4 is 10.2 Å². The standard InChI is InChI=1S/C21H21Cl2N3O3/c1-13(2)12-25-18(11-19(27)24-16-7-3-14(22)4-8-16)20(28)26(21(25)29)17-9-5-15(23)6-10-17/h3-10,13,18H,11-12H2,1-2H3,(H,24,27). The second-order valence-corrected chi connectivity index (χ2v) is 8.13. The molecule has 1 atom stereocenters. The number of nitrogens with zero attached hydrogens (tertiary/aromatic N) is 2. The first kappa shape index (κ1) is 21.1. The molecule has 0 radical (unpaired) electrons. The molecule has 0 spiro atoms. The van der Waals surface area contributed by atoms with Gasteiger partial charge in [0.05, 0.1) is 12.1 Å². The Balaban J connectivity index is 1.81. The van der Waals surface area contributed by atoms with Gasteiger partial charge < -0.3 is 10.2 Å². The molecule has 6 nitrogen and oxygen atoms in total. The number of rotatable bonds is 6. The highest BCUT2D eigenvalue weighted by Gasteiger charge is 2.46. The SMILES string of the molecule is CC(C)CN1C(=O)N(c2ccc(Cl)cc2)C(=O)C1CC(=O)Nc1ccc(Cl)cc1. The van der Waals surface area contributed by atoms with E-state index in [-0.39, 0.29) is 18.2 Å². The summed E-state index contributed by atoms with van der Waals surface area (Å²) in [7, 11) is 0. The minimum absolute atomic E-state index is 0.135. The summed E-state index contributed by atoms with van der Waals surface area (Å²) in [6.07, 6.45) is -0.135. The summed E-state index contributed by atoms with van der Waals surface area (Å²) < 4.78 is 0. The summed E-state index contributed by atoms with van der Waals surface area (Å²) >= 11 is 11.8. The average molecular weight is 434 g/mol. The summed E-state index contributed by atoms with van der Waals surface area (Å²) in [6.45, 7) is 4.27. The number of urea groups is 1. The van der Waals surface area contributed by atoms with Crippen molar-refractivity contribution in [3.05, 3.63) is 58.6 Å². The van der Waals surface area contributed by atoms with E-state index in [2.05, 4.69) is 5.32 Å². The molecule has 0 aliphatic carbocycles. The van der Waals surface area contributed by atoms with Crippen molar-refractivity contribution in [2.24, 2.45) is 5.92 Å². The van der Waals surface area contributed by atoms with Gasteiger partial charge in [-0.25, -0.2) is 9.69 Å². The number of amides is 4. The Morgan fingerprint density at radius 2 is 1.55 bits per heavy atom. The lowest BCUT2D eigenvalue weighted by molar-refractivity contribution is -0.124. The highest BCUT2D eigenvalue weighted by Crippen LogP contribution is 2.29. The fourth-order valence-corrected chi connectivity index (χ4v) is 3.44. The van der Waals surface area contributed by atoms with Gasteiger partial charge in [-0.1, -0.05) is 37.0 Å². The lowest BCUT2D eigenvalue weighted by Crippen LogP contribution is -2.40. The van der Waals surface area contributed by atoms with Crippen LogP contribution in [0.3, 0.4) is 0 Å². The predicted octanol–water partition coefficient (Wildman–Crippen LogP) is 4.82. The Bertz CT molecular complexity index is 914. The number of benzene rings is 2. The first-order valence-electron chi connectivity index (χ1n) is 9.22. The molecule has 0 bridgehead atoms. The van der Waals surface area contributed by atoms with Crippen molar-refractivity contribution >= 4 is 52.4 Å². The molecule has 2 aromatic rings. The van der Waals surface area contributed by atoms with E-state index in [1.54, 1.807) is 48.5 Å². The van der Waals surface area contributed by atoms with E-state index < -0.39 is 18.0 Å². The van der Waals surface area contributed by atoms with Crippen LogP contribution in [0.15, 0.2) is 48.5 Å². The van der Waals surface area contributed by atoms with Crippen molar-refractivity contribution < 1.29 is 14.4 Å². The fourth-order valence-electron chi connectivity index (χ4n) is 3.18. The third-order valence-electron chi connectivity index (χ3n) is 4.47. The number of carbonyl (C=O) groups excluding carboxylic acids is 3. The van der Waals surface area contributed by atoms with Crippen LogP contribution in [-0.4, -0.2) is 35.3 Å². The number of hydrogen-bond acceptors (Lipinski definition) is 3. The van der Waals surface area contributed by atoms with E-state index in [4.69, 9.17) is 23.2 Å². The van der Waals surface area contributed by atoms with Crippen molar-refractivity contribution in [3.8, 4) is 0 Å². The Morgan fingerprint density at radius 1 is 1.00 bits per heavy atom. The van der Waals surface area contributed by atoms with Crippen LogP contribution in [0.1, 0.15) is 20.3 Å². The Hall–Kier alpha value is -2.57. The van der Waals surface area contributed by atoms with Crippen LogP contribution in [0, 0.1) is 5.92 Å². The molecular weight excluding hydrogens is 413 g/mol. The first-order valence-corrected chi connectivity index (χ1v) is 9.97. The van der Waals surface area contributed by atoms with E-state index >= 15 is 0 Å². The zero-order valence-corrected chi connectivity index (χ0v) is 17.6. The van der Waals surface area contributed by atoms with E-state index in [1.807, 2.05) is 13.8 Å². The molecular formula is C21H21Cl2N3O3. The summed E-state index contributed by atoms with van der Waals surface area (Å²) in [5, 5.41) is 3.81. The highest BCUT2D eigenvalue weighted by atomic mass is 35.5. The lowest BCUT2D eigenvalue weighted by atomic mass is 10.1. The molecule has 1 heterocycles. The first-order chi connectivity index (χ1) is 13.8.